The third-order valence-corrected chi connectivity index (χ3v) is 4.88. The molecule has 32 heavy (non-hydrogen) atoms. The fourth-order valence-corrected chi connectivity index (χ4v) is 3.49. The molecule has 0 bridgehead atoms. The third kappa shape index (κ3) is 9.32. The van der Waals surface area contributed by atoms with Crippen LogP contribution in [0.5, 0.6) is 0 Å². The van der Waals surface area contributed by atoms with Crippen molar-refractivity contribution in [2.24, 2.45) is 5.73 Å². The molecule has 0 aromatic heterocycles. The number of carboxylic acid groups (broad SMARTS) is 1. The van der Waals surface area contributed by atoms with Gasteiger partial charge in [-0.1, -0.05) is 0 Å². The van der Waals surface area contributed by atoms with E-state index in [-0.39, 0.29) is 0 Å². The first kappa shape index (κ1) is 27.5. The van der Waals surface area contributed by atoms with E-state index >= 15 is 0 Å². The molecule has 0 unspecified atom stereocenters. The van der Waals surface area contributed by atoms with E-state index < -0.39 is 47.3 Å². The summed E-state index contributed by atoms with van der Waals surface area (Å²) in [5, 5.41) is 9.01. The Morgan fingerprint density at radius 3 is 1.47 bits per heavy atom. The van der Waals surface area contributed by atoms with Gasteiger partial charge < -0.3 is 20.3 Å². The molecule has 2 atom stereocenters. The fraction of sp³-hybridized carbons (Fsp3) is 0.818. The number of amides is 3. The molecule has 0 radical (unpaired) electrons. The number of carbonyl (C=O) groups excluding carboxylic acids is 3. The van der Waals surface area contributed by atoms with E-state index in [1.165, 1.54) is 9.80 Å². The topological polar surface area (TPSA) is 139 Å². The lowest BCUT2D eigenvalue weighted by Crippen LogP contribution is -2.51. The Labute approximate surface area is 190 Å². The van der Waals surface area contributed by atoms with Crippen molar-refractivity contribution in [3.8, 4) is 0 Å². The molecule has 0 aromatic rings. The molecule has 0 aliphatic carbocycles. The Bertz CT molecular complexity index is 624. The highest BCUT2D eigenvalue weighted by Gasteiger charge is 2.35. The number of carbonyl (C=O) groups is 4. The van der Waals surface area contributed by atoms with E-state index in [0.717, 1.165) is 25.7 Å². The van der Waals surface area contributed by atoms with E-state index in [9.17, 15) is 19.2 Å². The summed E-state index contributed by atoms with van der Waals surface area (Å²) in [7, 11) is 0. The molecule has 2 saturated heterocycles. The molecule has 10 nitrogen and oxygen atoms in total. The van der Waals surface area contributed by atoms with Crippen LogP contribution in [0.25, 0.3) is 0 Å². The van der Waals surface area contributed by atoms with E-state index in [4.69, 9.17) is 20.3 Å². The van der Waals surface area contributed by atoms with Crippen molar-refractivity contribution in [1.29, 1.82) is 0 Å². The second-order valence-electron chi connectivity index (χ2n) is 10.1. The maximum Gasteiger partial charge on any atom is 0.411 e. The molecule has 2 fully saturated rings. The minimum Gasteiger partial charge on any atom is -0.480 e. The number of carboxylic acids is 1. The van der Waals surface area contributed by atoms with Gasteiger partial charge in [0.05, 0.1) is 0 Å². The molecule has 0 aromatic carbocycles. The van der Waals surface area contributed by atoms with Crippen LogP contribution in [0.3, 0.4) is 0 Å². The van der Waals surface area contributed by atoms with Crippen LogP contribution in [0.1, 0.15) is 80.1 Å². The van der Waals surface area contributed by atoms with Crippen molar-refractivity contribution in [1.82, 2.24) is 9.80 Å². The van der Waals surface area contributed by atoms with Crippen LogP contribution in [0.2, 0.25) is 0 Å². The lowest BCUT2D eigenvalue weighted by atomic mass is 10.0. The number of hydrogen-bond donors (Lipinski definition) is 2. The van der Waals surface area contributed by atoms with E-state index in [0.29, 0.717) is 25.9 Å². The number of nitrogens with two attached hydrogens (primary N) is 1. The van der Waals surface area contributed by atoms with Gasteiger partial charge in [-0.3, -0.25) is 14.6 Å². The van der Waals surface area contributed by atoms with Crippen LogP contribution in [-0.2, 0) is 19.1 Å². The zero-order chi connectivity index (χ0) is 24.7. The Balaban J connectivity index is 0.000000320. The Kier molecular flexibility index (Phi) is 9.78. The van der Waals surface area contributed by atoms with E-state index in [1.807, 2.05) is 0 Å². The van der Waals surface area contributed by atoms with Crippen molar-refractivity contribution >= 4 is 24.1 Å². The number of aliphatic carboxylic acids is 1. The summed E-state index contributed by atoms with van der Waals surface area (Å²) in [4.78, 5) is 48.5. The highest BCUT2D eigenvalue weighted by atomic mass is 16.6. The van der Waals surface area contributed by atoms with Crippen LogP contribution in [-0.4, -0.2) is 75.3 Å². The Morgan fingerprint density at radius 1 is 0.750 bits per heavy atom. The number of rotatable bonds is 2. The van der Waals surface area contributed by atoms with Gasteiger partial charge in [0.2, 0.25) is 5.91 Å². The van der Waals surface area contributed by atoms with Gasteiger partial charge in [0, 0.05) is 13.1 Å². The van der Waals surface area contributed by atoms with Gasteiger partial charge in [-0.15, -0.1) is 0 Å². The lowest BCUT2D eigenvalue weighted by molar-refractivity contribution is -0.144. The molecule has 0 saturated carbocycles. The maximum absolute atomic E-state index is 11.8. The largest absolute Gasteiger partial charge is 0.480 e. The first-order chi connectivity index (χ1) is 14.6. The molecule has 3 amide bonds. The number of primary amides is 1. The first-order valence-corrected chi connectivity index (χ1v) is 11.1. The van der Waals surface area contributed by atoms with Crippen LogP contribution in [0.4, 0.5) is 9.59 Å². The Hall–Kier alpha value is -2.52. The second kappa shape index (κ2) is 11.4. The Morgan fingerprint density at radius 2 is 1.12 bits per heavy atom. The van der Waals surface area contributed by atoms with Crippen LogP contribution < -0.4 is 5.73 Å². The van der Waals surface area contributed by atoms with E-state index in [1.54, 1.807) is 41.5 Å². The van der Waals surface area contributed by atoms with Crippen molar-refractivity contribution in [2.45, 2.75) is 103 Å². The molecule has 2 heterocycles. The smallest absolute Gasteiger partial charge is 0.411 e. The molecule has 2 rings (SSSR count). The first-order valence-electron chi connectivity index (χ1n) is 11.1. The summed E-state index contributed by atoms with van der Waals surface area (Å²) in [5.74, 6) is -1.41. The number of piperidine rings is 2. The minimum atomic E-state index is -0.953. The summed E-state index contributed by atoms with van der Waals surface area (Å²) in [5.41, 5.74) is 4.14. The quantitative estimate of drug-likeness (QED) is 0.649. The number of ether oxygens (including phenoxy) is 2. The summed E-state index contributed by atoms with van der Waals surface area (Å²) in [6.45, 7) is 11.7. The van der Waals surface area contributed by atoms with Gasteiger partial charge in [0.15, 0.2) is 0 Å². The van der Waals surface area contributed by atoms with Gasteiger partial charge in [-0.25, -0.2) is 14.4 Å². The van der Waals surface area contributed by atoms with Gasteiger partial charge in [-0.05, 0) is 80.1 Å². The number of nitrogens with zero attached hydrogens (tertiary/aromatic N) is 2. The summed E-state index contributed by atoms with van der Waals surface area (Å²) in [6.07, 6.45) is 3.66. The SMILES string of the molecule is CC(C)(C)OC(=O)N1CCCC[C@H]1C(=O)O.CC(C)(C)OC(=O)N1CCCC[C@H]1C(N)=O. The summed E-state index contributed by atoms with van der Waals surface area (Å²) in [6, 6.07) is -1.24. The van der Waals surface area contributed by atoms with E-state index in [2.05, 4.69) is 0 Å². The predicted octanol–water partition coefficient (Wildman–Crippen LogP) is 3.12. The average molecular weight is 458 g/mol. The normalized spacial score (nSPS) is 21.7. The standard InChI is InChI=1S/C11H20N2O3.C11H19NO4/c1-11(2,3)16-10(15)13-7-5-4-6-8(13)9(12)14;1-11(2,3)16-10(15)12-7-5-4-6-8(12)9(13)14/h8H,4-7H2,1-3H3,(H2,12,14);8H,4-7H2,1-3H3,(H,13,14)/t2*8-/m00/s1. The molecule has 3 N–H and O–H groups in total. The predicted molar refractivity (Wildman–Crippen MR) is 118 cm³/mol. The maximum atomic E-state index is 11.8. The molecule has 10 heteroatoms. The van der Waals surface area contributed by atoms with Crippen molar-refractivity contribution in [3.05, 3.63) is 0 Å². The summed E-state index contributed by atoms with van der Waals surface area (Å²) < 4.78 is 10.4. The number of hydrogen-bond acceptors (Lipinski definition) is 6. The molecule has 184 valence electrons. The van der Waals surface area contributed by atoms with Gasteiger partial charge in [-0.2, -0.15) is 0 Å². The average Bonchev–Trinajstić information content (AvgIpc) is 2.65. The fourth-order valence-electron chi connectivity index (χ4n) is 3.49. The minimum absolute atomic E-state index is 0.448. The monoisotopic (exact) mass is 457 g/mol. The van der Waals surface area contributed by atoms with Gasteiger partial charge in [0.1, 0.15) is 23.3 Å². The van der Waals surface area contributed by atoms with Crippen LogP contribution in [0, 0.1) is 0 Å². The van der Waals surface area contributed by atoms with Crippen LogP contribution >= 0.6 is 0 Å². The van der Waals surface area contributed by atoms with Crippen LogP contribution in [0.15, 0.2) is 0 Å². The number of likely N-dealkylation sites (tertiary alicyclic amines) is 2. The third-order valence-electron chi connectivity index (χ3n) is 4.88. The van der Waals surface area contributed by atoms with Gasteiger partial charge in [0.25, 0.3) is 0 Å². The zero-order valence-electron chi connectivity index (χ0n) is 20.2. The second-order valence-corrected chi connectivity index (χ2v) is 10.1. The zero-order valence-corrected chi connectivity index (χ0v) is 20.2. The highest BCUT2D eigenvalue weighted by Crippen LogP contribution is 2.21. The molecule has 2 aliphatic rings. The molecule has 2 aliphatic heterocycles. The van der Waals surface area contributed by atoms with Crippen molar-refractivity contribution < 1.29 is 33.8 Å². The molecule has 0 spiro atoms. The molecular weight excluding hydrogens is 418 g/mol. The van der Waals surface area contributed by atoms with Crippen molar-refractivity contribution in [2.75, 3.05) is 13.1 Å². The highest BCUT2D eigenvalue weighted by molar-refractivity contribution is 5.84. The summed E-state index contributed by atoms with van der Waals surface area (Å²) >= 11 is 0. The molecular formula is C22H39N3O7. The van der Waals surface area contributed by atoms with Crippen molar-refractivity contribution in [3.63, 3.8) is 0 Å². The lowest BCUT2D eigenvalue weighted by Gasteiger charge is -2.34. The van der Waals surface area contributed by atoms with Gasteiger partial charge >= 0.3 is 18.2 Å².